The number of para-hydroxylation sites is 3. The largest absolute Gasteiger partial charge is 0.488 e. The van der Waals surface area contributed by atoms with Gasteiger partial charge in [0, 0.05) is 32.9 Å². The highest BCUT2D eigenvalue weighted by atomic mass is 16.4. The van der Waals surface area contributed by atoms with Gasteiger partial charge in [-0.1, -0.05) is 66.7 Å². The monoisotopic (exact) mass is 452 g/mol. The van der Waals surface area contributed by atoms with E-state index in [0.717, 1.165) is 38.7 Å². The van der Waals surface area contributed by atoms with E-state index in [-0.39, 0.29) is 0 Å². The number of fused-ring (bicyclic) bond motifs is 6. The summed E-state index contributed by atoms with van der Waals surface area (Å²) in [7, 11) is -1.50. The molecule has 0 saturated carbocycles. The van der Waals surface area contributed by atoms with Gasteiger partial charge in [-0.25, -0.2) is 0 Å². The fourth-order valence-corrected chi connectivity index (χ4v) is 5.38. The molecule has 0 saturated heterocycles. The van der Waals surface area contributed by atoms with Crippen LogP contribution in [0.4, 0.5) is 0 Å². The van der Waals surface area contributed by atoms with Gasteiger partial charge < -0.3 is 19.2 Å². The van der Waals surface area contributed by atoms with Gasteiger partial charge in [0.2, 0.25) is 0 Å². The van der Waals surface area contributed by atoms with Gasteiger partial charge in [0.25, 0.3) is 0 Å². The van der Waals surface area contributed by atoms with Gasteiger partial charge in [-0.05, 0) is 54.0 Å². The lowest BCUT2D eigenvalue weighted by atomic mass is 9.80. The summed E-state index contributed by atoms with van der Waals surface area (Å²) in [4.78, 5) is 0. The zero-order chi connectivity index (χ0) is 23.5. The zero-order valence-electron chi connectivity index (χ0n) is 18.8. The first-order valence-electron chi connectivity index (χ1n) is 11.7. The van der Waals surface area contributed by atoms with Gasteiger partial charge in [-0.3, -0.25) is 0 Å². The first-order chi connectivity index (χ1) is 17.2. The van der Waals surface area contributed by atoms with E-state index in [2.05, 4.69) is 88.0 Å². The maximum atomic E-state index is 9.74. The van der Waals surface area contributed by atoms with Gasteiger partial charge >= 0.3 is 7.12 Å². The predicted octanol–water partition coefficient (Wildman–Crippen LogP) is 5.56. The van der Waals surface area contributed by atoms with Crippen LogP contribution in [0.2, 0.25) is 0 Å². The van der Waals surface area contributed by atoms with E-state index in [1.54, 1.807) is 6.07 Å². The molecule has 7 aromatic rings. The van der Waals surface area contributed by atoms with Crippen LogP contribution in [-0.2, 0) is 0 Å². The van der Waals surface area contributed by atoms with Crippen molar-refractivity contribution in [3.05, 3.63) is 115 Å². The minimum absolute atomic E-state index is 0.488. The second-order valence-electron chi connectivity index (χ2n) is 8.89. The van der Waals surface area contributed by atoms with Gasteiger partial charge in [0.1, 0.15) is 0 Å². The minimum atomic E-state index is -1.50. The molecule has 5 heteroatoms. The van der Waals surface area contributed by atoms with Crippen LogP contribution < -0.4 is 5.46 Å². The van der Waals surface area contributed by atoms with Crippen molar-refractivity contribution < 1.29 is 10.0 Å². The summed E-state index contributed by atoms with van der Waals surface area (Å²) in [6.07, 6.45) is 0. The minimum Gasteiger partial charge on any atom is -0.423 e. The predicted molar refractivity (Wildman–Crippen MR) is 145 cm³/mol. The number of aromatic nitrogens is 2. The highest BCUT2D eigenvalue weighted by Crippen LogP contribution is 2.36. The Labute approximate surface area is 202 Å². The molecule has 0 aliphatic rings. The standard InChI is InChI=1S/C30H21BN2O2/c34-31(35)20-14-16-29-25(18-20)23-10-4-7-13-28(23)33(29)22-15-17-30-26(19-22)24-11-5-6-12-27(24)32(30)21-8-2-1-3-9-21/h1-19,34-35H. The van der Waals surface area contributed by atoms with E-state index in [0.29, 0.717) is 5.46 Å². The van der Waals surface area contributed by atoms with Crippen LogP contribution in [0.1, 0.15) is 0 Å². The van der Waals surface area contributed by atoms with Crippen molar-refractivity contribution in [1.82, 2.24) is 9.13 Å². The van der Waals surface area contributed by atoms with Gasteiger partial charge in [0.05, 0.1) is 22.1 Å². The smallest absolute Gasteiger partial charge is 0.423 e. The summed E-state index contributed by atoms with van der Waals surface area (Å²) in [5.41, 5.74) is 7.14. The SMILES string of the molecule is OB(O)c1ccc2c(c1)c1ccccc1n2-c1ccc2c(c1)c1ccccc1n2-c1ccccc1. The van der Waals surface area contributed by atoms with Crippen LogP contribution in [0.25, 0.3) is 55.0 Å². The average Bonchev–Trinajstić information content (AvgIpc) is 3.41. The van der Waals surface area contributed by atoms with E-state index in [9.17, 15) is 10.0 Å². The van der Waals surface area contributed by atoms with Crippen molar-refractivity contribution in [2.45, 2.75) is 0 Å². The number of hydrogen-bond donors (Lipinski definition) is 2. The van der Waals surface area contributed by atoms with Crippen LogP contribution in [0, 0.1) is 0 Å². The molecule has 0 atom stereocenters. The maximum absolute atomic E-state index is 9.74. The Kier molecular flexibility index (Phi) is 4.36. The molecule has 2 aromatic heterocycles. The summed E-state index contributed by atoms with van der Waals surface area (Å²) in [5.74, 6) is 0. The number of benzene rings is 5. The van der Waals surface area contributed by atoms with E-state index in [1.807, 2.05) is 30.3 Å². The molecule has 0 fully saturated rings. The zero-order valence-corrected chi connectivity index (χ0v) is 18.8. The quantitative estimate of drug-likeness (QED) is 0.345. The molecule has 0 unspecified atom stereocenters. The van der Waals surface area contributed by atoms with Crippen LogP contribution in [-0.4, -0.2) is 26.3 Å². The fourth-order valence-electron chi connectivity index (χ4n) is 5.38. The number of rotatable bonds is 3. The Morgan fingerprint density at radius 3 is 1.60 bits per heavy atom. The molecular weight excluding hydrogens is 431 g/mol. The molecule has 0 amide bonds. The molecule has 0 aliphatic heterocycles. The fraction of sp³-hybridized carbons (Fsp3) is 0. The third kappa shape index (κ3) is 2.96. The molecule has 4 nitrogen and oxygen atoms in total. The second kappa shape index (κ2) is 7.60. The lowest BCUT2D eigenvalue weighted by molar-refractivity contribution is 0.426. The molecule has 7 rings (SSSR count). The first kappa shape index (κ1) is 20.1. The normalized spacial score (nSPS) is 11.7. The molecule has 0 aliphatic carbocycles. The Hall–Kier alpha value is -4.32. The number of nitrogens with zero attached hydrogens (tertiary/aromatic N) is 2. The summed E-state index contributed by atoms with van der Waals surface area (Å²) >= 11 is 0. The second-order valence-corrected chi connectivity index (χ2v) is 8.89. The van der Waals surface area contributed by atoms with E-state index < -0.39 is 7.12 Å². The average molecular weight is 452 g/mol. The van der Waals surface area contributed by atoms with Crippen LogP contribution >= 0.6 is 0 Å². The summed E-state index contributed by atoms with van der Waals surface area (Å²) < 4.78 is 4.57. The van der Waals surface area contributed by atoms with Crippen molar-refractivity contribution in [3.63, 3.8) is 0 Å². The molecular formula is C30H21BN2O2. The molecule has 5 aromatic carbocycles. The van der Waals surface area contributed by atoms with Crippen molar-refractivity contribution in [1.29, 1.82) is 0 Å². The molecule has 0 spiro atoms. The van der Waals surface area contributed by atoms with Gasteiger partial charge in [-0.15, -0.1) is 0 Å². The molecule has 2 N–H and O–H groups in total. The Balaban J connectivity index is 1.55. The van der Waals surface area contributed by atoms with E-state index >= 15 is 0 Å². The molecule has 0 bridgehead atoms. The van der Waals surface area contributed by atoms with Crippen LogP contribution in [0.5, 0.6) is 0 Å². The lowest BCUT2D eigenvalue weighted by Gasteiger charge is -2.10. The highest BCUT2D eigenvalue weighted by Gasteiger charge is 2.18. The van der Waals surface area contributed by atoms with Crippen LogP contribution in [0.15, 0.2) is 115 Å². The molecule has 166 valence electrons. The van der Waals surface area contributed by atoms with Crippen molar-refractivity contribution in [3.8, 4) is 11.4 Å². The van der Waals surface area contributed by atoms with Gasteiger partial charge in [0.15, 0.2) is 0 Å². The van der Waals surface area contributed by atoms with Gasteiger partial charge in [-0.2, -0.15) is 0 Å². The van der Waals surface area contributed by atoms with E-state index in [4.69, 9.17) is 0 Å². The van der Waals surface area contributed by atoms with E-state index in [1.165, 1.54) is 16.3 Å². The Morgan fingerprint density at radius 2 is 0.943 bits per heavy atom. The molecule has 35 heavy (non-hydrogen) atoms. The Bertz CT molecular complexity index is 1880. The highest BCUT2D eigenvalue weighted by molar-refractivity contribution is 6.59. The maximum Gasteiger partial charge on any atom is 0.488 e. The first-order valence-corrected chi connectivity index (χ1v) is 11.7. The third-order valence-electron chi connectivity index (χ3n) is 6.92. The van der Waals surface area contributed by atoms with Crippen molar-refractivity contribution >= 4 is 56.2 Å². The molecule has 2 heterocycles. The number of hydrogen-bond acceptors (Lipinski definition) is 2. The third-order valence-corrected chi connectivity index (χ3v) is 6.92. The topological polar surface area (TPSA) is 50.3 Å². The summed E-state index contributed by atoms with van der Waals surface area (Å²) in [6.45, 7) is 0. The van der Waals surface area contributed by atoms with Crippen LogP contribution in [0.3, 0.4) is 0 Å². The van der Waals surface area contributed by atoms with Crippen molar-refractivity contribution in [2.75, 3.05) is 0 Å². The summed E-state index contributed by atoms with van der Waals surface area (Å²) in [5, 5.41) is 24.0. The summed E-state index contributed by atoms with van der Waals surface area (Å²) in [6, 6.07) is 39.5. The lowest BCUT2D eigenvalue weighted by Crippen LogP contribution is -2.29. The Morgan fingerprint density at radius 1 is 0.429 bits per heavy atom. The molecule has 0 radical (unpaired) electrons. The van der Waals surface area contributed by atoms with Crippen molar-refractivity contribution in [2.24, 2.45) is 0 Å².